The number of rotatable bonds is 11. The standard InChI is InChI=1S/C32H37N3O6/c1-4-5-15-35(24-10-8-14-33(2)18-24)30(36)20-34-19-25(22-12-13-28-29(17-22)41-21-40-28)31(32(37)38)26(34)16-23-9-6-7-11-27(23)39-3/h6-14,17-18,25-26,31H,4-5,15-16,19-21H2,1-3H3/p+1/t25-,26+,31?/m1/s1. The lowest BCUT2D eigenvalue weighted by atomic mass is 9.83. The number of aryl methyl sites for hydroxylation is 1. The Morgan fingerprint density at radius 1 is 1.12 bits per heavy atom. The van der Waals surface area contributed by atoms with Crippen molar-refractivity contribution < 1.29 is 33.5 Å². The minimum Gasteiger partial charge on any atom is -0.496 e. The first kappa shape index (κ1) is 28.4. The maximum absolute atomic E-state index is 14.0. The number of unbranched alkanes of at least 4 members (excludes halogenated alkanes) is 1. The van der Waals surface area contributed by atoms with Gasteiger partial charge in [-0.2, -0.15) is 0 Å². The van der Waals surface area contributed by atoms with E-state index < -0.39 is 17.9 Å². The second kappa shape index (κ2) is 12.6. The number of anilines is 1. The van der Waals surface area contributed by atoms with E-state index >= 15 is 0 Å². The Morgan fingerprint density at radius 2 is 1.93 bits per heavy atom. The average molecular weight is 561 g/mol. The molecular weight excluding hydrogens is 522 g/mol. The molecule has 0 radical (unpaired) electrons. The molecule has 1 N–H and O–H groups in total. The predicted molar refractivity (Wildman–Crippen MR) is 153 cm³/mol. The van der Waals surface area contributed by atoms with Crippen LogP contribution in [0.1, 0.15) is 36.8 Å². The van der Waals surface area contributed by atoms with Crippen LogP contribution >= 0.6 is 0 Å². The van der Waals surface area contributed by atoms with E-state index in [9.17, 15) is 14.7 Å². The van der Waals surface area contributed by atoms with Gasteiger partial charge in [0.2, 0.25) is 12.7 Å². The Kier molecular flexibility index (Phi) is 8.73. The lowest BCUT2D eigenvalue weighted by Gasteiger charge is -2.29. The SMILES string of the molecule is CCCCN(C(=O)CN1C[C@H](c2ccc3c(c2)OCO3)C(C(=O)O)[C@@H]1Cc1ccccc1OC)c1ccc[n+](C)c1. The molecule has 0 saturated carbocycles. The normalized spacial score (nSPS) is 19.7. The van der Waals surface area contributed by atoms with E-state index in [1.54, 1.807) is 7.11 Å². The summed E-state index contributed by atoms with van der Waals surface area (Å²) in [6.07, 6.45) is 6.13. The van der Waals surface area contributed by atoms with Gasteiger partial charge in [-0.05, 0) is 48.2 Å². The Bertz CT molecular complexity index is 1400. The molecule has 0 aliphatic carbocycles. The van der Waals surface area contributed by atoms with Crippen molar-refractivity contribution in [1.29, 1.82) is 0 Å². The first-order valence-corrected chi connectivity index (χ1v) is 14.1. The highest BCUT2D eigenvalue weighted by atomic mass is 16.7. The molecule has 5 rings (SSSR count). The number of para-hydroxylation sites is 1. The molecule has 216 valence electrons. The topological polar surface area (TPSA) is 92.4 Å². The summed E-state index contributed by atoms with van der Waals surface area (Å²) in [7, 11) is 3.55. The highest BCUT2D eigenvalue weighted by molar-refractivity contribution is 5.94. The Morgan fingerprint density at radius 3 is 2.68 bits per heavy atom. The zero-order valence-electron chi connectivity index (χ0n) is 23.9. The third kappa shape index (κ3) is 6.15. The molecule has 3 heterocycles. The van der Waals surface area contributed by atoms with E-state index in [2.05, 4.69) is 6.92 Å². The van der Waals surface area contributed by atoms with Gasteiger partial charge in [-0.15, -0.1) is 0 Å². The molecule has 1 amide bonds. The minimum absolute atomic E-state index is 0.0508. The monoisotopic (exact) mass is 560 g/mol. The van der Waals surface area contributed by atoms with E-state index in [-0.39, 0.29) is 25.2 Å². The van der Waals surface area contributed by atoms with Crippen molar-refractivity contribution in [2.75, 3.05) is 38.4 Å². The van der Waals surface area contributed by atoms with Gasteiger partial charge in [-0.25, -0.2) is 4.57 Å². The van der Waals surface area contributed by atoms with Crippen LogP contribution in [0.25, 0.3) is 0 Å². The fraction of sp³-hybridized carbons (Fsp3) is 0.406. The van der Waals surface area contributed by atoms with Crippen LogP contribution in [0.4, 0.5) is 5.69 Å². The smallest absolute Gasteiger partial charge is 0.308 e. The molecule has 2 aliphatic heterocycles. The third-order valence-electron chi connectivity index (χ3n) is 8.09. The molecular formula is C32H38N3O6+. The number of nitrogens with zero attached hydrogens (tertiary/aromatic N) is 3. The second-order valence-electron chi connectivity index (χ2n) is 10.7. The number of hydrogen-bond donors (Lipinski definition) is 1. The minimum atomic E-state index is -0.888. The Labute approximate surface area is 240 Å². The van der Waals surface area contributed by atoms with Crippen molar-refractivity contribution >= 4 is 17.6 Å². The number of hydrogen-bond acceptors (Lipinski definition) is 6. The van der Waals surface area contributed by atoms with Crippen LogP contribution in [-0.4, -0.2) is 61.5 Å². The van der Waals surface area contributed by atoms with E-state index in [0.29, 0.717) is 36.8 Å². The number of benzene rings is 2. The molecule has 41 heavy (non-hydrogen) atoms. The molecule has 1 fully saturated rings. The molecule has 9 nitrogen and oxygen atoms in total. The number of pyridine rings is 1. The lowest BCUT2D eigenvalue weighted by molar-refractivity contribution is -0.670. The maximum Gasteiger partial charge on any atom is 0.308 e. The number of ether oxygens (including phenoxy) is 3. The van der Waals surface area contributed by atoms with Crippen LogP contribution in [0, 0.1) is 5.92 Å². The van der Waals surface area contributed by atoms with E-state index in [4.69, 9.17) is 14.2 Å². The number of methoxy groups -OCH3 is 1. The lowest BCUT2D eigenvalue weighted by Crippen LogP contribution is -2.46. The molecule has 1 unspecified atom stereocenters. The van der Waals surface area contributed by atoms with Gasteiger partial charge in [-0.3, -0.25) is 14.5 Å². The first-order chi connectivity index (χ1) is 19.9. The number of carboxylic acids is 1. The molecule has 0 bridgehead atoms. The summed E-state index contributed by atoms with van der Waals surface area (Å²) >= 11 is 0. The fourth-order valence-electron chi connectivity index (χ4n) is 6.03. The summed E-state index contributed by atoms with van der Waals surface area (Å²) < 4.78 is 18.6. The van der Waals surface area contributed by atoms with Gasteiger partial charge in [0.25, 0.3) is 0 Å². The summed E-state index contributed by atoms with van der Waals surface area (Å²) in [5.74, 6) is -0.0508. The van der Waals surface area contributed by atoms with E-state index in [1.165, 1.54) is 0 Å². The number of amides is 1. The zero-order valence-corrected chi connectivity index (χ0v) is 23.9. The number of carbonyl (C=O) groups excluding carboxylic acids is 1. The summed E-state index contributed by atoms with van der Waals surface area (Å²) in [5.41, 5.74) is 2.60. The molecule has 3 atom stereocenters. The zero-order chi connectivity index (χ0) is 28.9. The molecule has 1 aromatic heterocycles. The molecule has 0 spiro atoms. The quantitative estimate of drug-likeness (QED) is 0.357. The summed E-state index contributed by atoms with van der Waals surface area (Å²) in [6, 6.07) is 16.7. The van der Waals surface area contributed by atoms with Crippen LogP contribution in [0.3, 0.4) is 0 Å². The number of aliphatic carboxylic acids is 1. The van der Waals surface area contributed by atoms with Crippen molar-refractivity contribution in [2.24, 2.45) is 13.0 Å². The van der Waals surface area contributed by atoms with Crippen molar-refractivity contribution in [3.8, 4) is 17.2 Å². The molecule has 1 saturated heterocycles. The summed E-state index contributed by atoms with van der Waals surface area (Å²) in [4.78, 5) is 30.8. The van der Waals surface area contributed by atoms with Crippen LogP contribution in [0.2, 0.25) is 0 Å². The van der Waals surface area contributed by atoms with Crippen molar-refractivity contribution in [3.05, 3.63) is 78.1 Å². The number of carboxylic acid groups (broad SMARTS) is 1. The Balaban J connectivity index is 1.49. The maximum atomic E-state index is 14.0. The highest BCUT2D eigenvalue weighted by Gasteiger charge is 2.47. The van der Waals surface area contributed by atoms with Gasteiger partial charge in [0.1, 0.15) is 18.5 Å². The number of carbonyl (C=O) groups is 2. The van der Waals surface area contributed by atoms with Gasteiger partial charge < -0.3 is 24.2 Å². The summed E-state index contributed by atoms with van der Waals surface area (Å²) in [6.45, 7) is 3.37. The molecule has 2 aromatic carbocycles. The van der Waals surface area contributed by atoms with Crippen molar-refractivity contribution in [3.63, 3.8) is 0 Å². The number of likely N-dealkylation sites (tertiary alicyclic amines) is 1. The third-order valence-corrected chi connectivity index (χ3v) is 8.09. The first-order valence-electron chi connectivity index (χ1n) is 14.1. The largest absolute Gasteiger partial charge is 0.496 e. The Hall–Kier alpha value is -4.11. The van der Waals surface area contributed by atoms with Gasteiger partial charge in [0, 0.05) is 31.1 Å². The fourth-order valence-corrected chi connectivity index (χ4v) is 6.03. The average Bonchev–Trinajstić information content (AvgIpc) is 3.58. The highest BCUT2D eigenvalue weighted by Crippen LogP contribution is 2.43. The van der Waals surface area contributed by atoms with Gasteiger partial charge in [0.05, 0.1) is 19.6 Å². The van der Waals surface area contributed by atoms with Crippen LogP contribution in [0.15, 0.2) is 67.0 Å². The predicted octanol–water partition coefficient (Wildman–Crippen LogP) is 3.79. The van der Waals surface area contributed by atoms with Crippen LogP contribution in [0.5, 0.6) is 17.2 Å². The molecule has 3 aromatic rings. The number of fused-ring (bicyclic) bond motifs is 1. The van der Waals surface area contributed by atoms with Gasteiger partial charge >= 0.3 is 5.97 Å². The molecule has 9 heteroatoms. The van der Waals surface area contributed by atoms with Crippen molar-refractivity contribution in [2.45, 2.75) is 38.1 Å². The van der Waals surface area contributed by atoms with E-state index in [0.717, 1.165) is 29.7 Å². The second-order valence-corrected chi connectivity index (χ2v) is 10.7. The molecule has 2 aliphatic rings. The van der Waals surface area contributed by atoms with Crippen molar-refractivity contribution in [1.82, 2.24) is 4.90 Å². The number of aromatic nitrogens is 1. The van der Waals surface area contributed by atoms with Gasteiger partial charge in [-0.1, -0.05) is 37.6 Å². The van der Waals surface area contributed by atoms with Crippen LogP contribution < -0.4 is 23.7 Å². The van der Waals surface area contributed by atoms with Gasteiger partial charge in [0.15, 0.2) is 23.9 Å². The van der Waals surface area contributed by atoms with Crippen LogP contribution in [-0.2, 0) is 23.1 Å². The van der Waals surface area contributed by atoms with E-state index in [1.807, 2.05) is 88.4 Å². The summed E-state index contributed by atoms with van der Waals surface area (Å²) in [5, 5.41) is 10.6.